The summed E-state index contributed by atoms with van der Waals surface area (Å²) in [6.07, 6.45) is 3.52. The van der Waals surface area contributed by atoms with Gasteiger partial charge in [0.25, 0.3) is 0 Å². The number of nitrogens with zero attached hydrogens (tertiary/aromatic N) is 2. The summed E-state index contributed by atoms with van der Waals surface area (Å²) >= 11 is 0. The molecule has 0 radical (unpaired) electrons. The van der Waals surface area contributed by atoms with Crippen LogP contribution in [0.15, 0.2) is 30.3 Å². The number of nitrogens with one attached hydrogen (secondary N) is 1. The van der Waals surface area contributed by atoms with E-state index in [4.69, 9.17) is 0 Å². The van der Waals surface area contributed by atoms with Gasteiger partial charge in [-0.1, -0.05) is 30.3 Å². The van der Waals surface area contributed by atoms with Crippen LogP contribution >= 0.6 is 0 Å². The molecule has 0 aromatic heterocycles. The van der Waals surface area contributed by atoms with Crippen molar-refractivity contribution in [2.45, 2.75) is 38.1 Å². The second-order valence-electron chi connectivity index (χ2n) is 7.33. The van der Waals surface area contributed by atoms with Gasteiger partial charge in [-0.15, -0.1) is 0 Å². The maximum Gasteiger partial charge on any atom is 0.326 e. The van der Waals surface area contributed by atoms with E-state index in [1.807, 2.05) is 40.1 Å². The van der Waals surface area contributed by atoms with Crippen LogP contribution in [-0.4, -0.2) is 65.0 Å². The summed E-state index contributed by atoms with van der Waals surface area (Å²) in [7, 11) is 0. The van der Waals surface area contributed by atoms with E-state index >= 15 is 0 Å². The topological polar surface area (TPSA) is 90.0 Å². The molecular weight excluding hydrogens is 346 g/mol. The summed E-state index contributed by atoms with van der Waals surface area (Å²) < 4.78 is 0. The SMILES string of the molecule is O=C(N[C@H](Cc1ccccc1)C(=O)O)C1CCN(C(=O)N2CCCC2)CC1. The standard InChI is InChI=1S/C20H27N3O4/c24-18(21-17(19(25)26)14-15-6-2-1-3-7-15)16-8-12-23(13-9-16)20(27)22-10-4-5-11-22/h1-3,6-7,16-17H,4-5,8-14H2,(H,21,24)(H,25,26)/t17-/m1/s1. The van der Waals surface area contributed by atoms with Gasteiger partial charge in [-0.25, -0.2) is 9.59 Å². The van der Waals surface area contributed by atoms with Crippen LogP contribution in [-0.2, 0) is 16.0 Å². The molecule has 1 aromatic rings. The Morgan fingerprint density at radius 2 is 1.59 bits per heavy atom. The first-order valence-electron chi connectivity index (χ1n) is 9.65. The molecule has 3 rings (SSSR count). The van der Waals surface area contributed by atoms with Gasteiger partial charge >= 0.3 is 12.0 Å². The lowest BCUT2D eigenvalue weighted by atomic mass is 9.95. The molecule has 7 nitrogen and oxygen atoms in total. The normalized spacial score (nSPS) is 19.0. The van der Waals surface area contributed by atoms with Crippen molar-refractivity contribution in [2.24, 2.45) is 5.92 Å². The quantitative estimate of drug-likeness (QED) is 0.822. The second kappa shape index (κ2) is 8.88. The number of amides is 3. The number of hydrogen-bond donors (Lipinski definition) is 2. The highest BCUT2D eigenvalue weighted by Gasteiger charge is 2.32. The van der Waals surface area contributed by atoms with Gasteiger partial charge in [0, 0.05) is 38.5 Å². The van der Waals surface area contributed by atoms with Crippen molar-refractivity contribution in [1.29, 1.82) is 0 Å². The minimum atomic E-state index is -1.03. The van der Waals surface area contributed by atoms with Gasteiger partial charge in [-0.05, 0) is 31.2 Å². The van der Waals surface area contributed by atoms with Crippen molar-refractivity contribution in [3.63, 3.8) is 0 Å². The largest absolute Gasteiger partial charge is 0.480 e. The first-order chi connectivity index (χ1) is 13.0. The number of carbonyl (C=O) groups is 3. The van der Waals surface area contributed by atoms with Crippen LogP contribution in [0.5, 0.6) is 0 Å². The average molecular weight is 373 g/mol. The molecule has 0 saturated carbocycles. The van der Waals surface area contributed by atoms with Gasteiger partial charge in [-0.2, -0.15) is 0 Å². The molecule has 2 aliphatic rings. The van der Waals surface area contributed by atoms with Gasteiger partial charge in [-0.3, -0.25) is 4.79 Å². The van der Waals surface area contributed by atoms with Crippen LogP contribution in [0.1, 0.15) is 31.2 Å². The van der Waals surface area contributed by atoms with Gasteiger partial charge in [0.05, 0.1) is 0 Å². The summed E-state index contributed by atoms with van der Waals surface area (Å²) in [6.45, 7) is 2.73. The van der Waals surface area contributed by atoms with Crippen molar-refractivity contribution in [2.75, 3.05) is 26.2 Å². The van der Waals surface area contributed by atoms with E-state index in [0.717, 1.165) is 31.5 Å². The summed E-state index contributed by atoms with van der Waals surface area (Å²) in [6, 6.07) is 8.40. The Kier molecular flexibility index (Phi) is 6.32. The fourth-order valence-electron chi connectivity index (χ4n) is 3.78. The number of benzene rings is 1. The molecule has 2 N–H and O–H groups in total. The van der Waals surface area contributed by atoms with Crippen LogP contribution in [0.3, 0.4) is 0 Å². The second-order valence-corrected chi connectivity index (χ2v) is 7.33. The summed E-state index contributed by atoms with van der Waals surface area (Å²) in [5.41, 5.74) is 0.872. The molecule has 146 valence electrons. The number of carboxylic acids is 1. The molecule has 1 aromatic carbocycles. The van der Waals surface area contributed by atoms with Gasteiger partial charge in [0.1, 0.15) is 6.04 Å². The Morgan fingerprint density at radius 3 is 2.19 bits per heavy atom. The number of piperidine rings is 1. The first-order valence-corrected chi connectivity index (χ1v) is 9.65. The summed E-state index contributed by atoms with van der Waals surface area (Å²) in [5.74, 6) is -1.51. The van der Waals surface area contributed by atoms with Crippen molar-refractivity contribution < 1.29 is 19.5 Å². The maximum absolute atomic E-state index is 12.5. The molecule has 2 saturated heterocycles. The number of rotatable bonds is 5. The molecule has 0 bridgehead atoms. The fourth-order valence-corrected chi connectivity index (χ4v) is 3.78. The van der Waals surface area contributed by atoms with Crippen LogP contribution in [0.2, 0.25) is 0 Å². The number of hydrogen-bond acceptors (Lipinski definition) is 3. The number of likely N-dealkylation sites (tertiary alicyclic amines) is 2. The molecule has 2 fully saturated rings. The summed E-state index contributed by atoms with van der Waals surface area (Å²) in [5, 5.41) is 12.1. The van der Waals surface area contributed by atoms with Crippen LogP contribution in [0, 0.1) is 5.92 Å². The van der Waals surface area contributed by atoms with E-state index in [1.165, 1.54) is 0 Å². The van der Waals surface area contributed by atoms with Crippen molar-refractivity contribution in [3.05, 3.63) is 35.9 Å². The monoisotopic (exact) mass is 373 g/mol. The van der Waals surface area contributed by atoms with Gasteiger partial charge in [0.2, 0.25) is 5.91 Å². The average Bonchev–Trinajstić information content (AvgIpc) is 3.22. The minimum absolute atomic E-state index is 0.0684. The highest BCUT2D eigenvalue weighted by molar-refractivity contribution is 5.85. The lowest BCUT2D eigenvalue weighted by Gasteiger charge is -2.34. The number of carboxylic acid groups (broad SMARTS) is 1. The Hall–Kier alpha value is -2.57. The molecule has 0 unspecified atom stereocenters. The highest BCUT2D eigenvalue weighted by Crippen LogP contribution is 2.20. The van der Waals surface area contributed by atoms with Crippen LogP contribution in [0.4, 0.5) is 4.79 Å². The molecule has 1 atom stereocenters. The zero-order valence-electron chi connectivity index (χ0n) is 15.5. The van der Waals surface area contributed by atoms with E-state index < -0.39 is 12.0 Å². The van der Waals surface area contributed by atoms with Crippen LogP contribution < -0.4 is 5.32 Å². The fraction of sp³-hybridized carbons (Fsp3) is 0.550. The molecular formula is C20H27N3O4. The van der Waals surface area contributed by atoms with Crippen LogP contribution in [0.25, 0.3) is 0 Å². The van der Waals surface area contributed by atoms with Gasteiger partial charge in [0.15, 0.2) is 0 Å². The third-order valence-electron chi connectivity index (χ3n) is 5.41. The Labute approximate surface area is 159 Å². The van der Waals surface area contributed by atoms with Crippen molar-refractivity contribution in [3.8, 4) is 0 Å². The molecule has 0 spiro atoms. The summed E-state index contributed by atoms with van der Waals surface area (Å²) in [4.78, 5) is 40.2. The molecule has 0 aliphatic carbocycles. The lowest BCUT2D eigenvalue weighted by Crippen LogP contribution is -2.50. The van der Waals surface area contributed by atoms with Crippen molar-refractivity contribution in [1.82, 2.24) is 15.1 Å². The molecule has 27 heavy (non-hydrogen) atoms. The van der Waals surface area contributed by atoms with E-state index in [0.29, 0.717) is 25.9 Å². The third kappa shape index (κ3) is 4.99. The molecule has 2 aliphatic heterocycles. The third-order valence-corrected chi connectivity index (χ3v) is 5.41. The first kappa shape index (κ1) is 19.2. The predicted molar refractivity (Wildman–Crippen MR) is 100 cm³/mol. The Bertz CT molecular complexity index is 665. The highest BCUT2D eigenvalue weighted by atomic mass is 16.4. The van der Waals surface area contributed by atoms with E-state index in [2.05, 4.69) is 5.32 Å². The number of urea groups is 1. The van der Waals surface area contributed by atoms with Crippen molar-refractivity contribution >= 4 is 17.9 Å². The lowest BCUT2D eigenvalue weighted by molar-refractivity contribution is -0.142. The van der Waals surface area contributed by atoms with E-state index in [9.17, 15) is 19.5 Å². The zero-order valence-corrected chi connectivity index (χ0v) is 15.5. The smallest absolute Gasteiger partial charge is 0.326 e. The zero-order chi connectivity index (χ0) is 19.2. The molecule has 2 heterocycles. The Morgan fingerprint density at radius 1 is 1.00 bits per heavy atom. The predicted octanol–water partition coefficient (Wildman–Crippen LogP) is 1.73. The van der Waals surface area contributed by atoms with Gasteiger partial charge < -0.3 is 20.2 Å². The number of aliphatic carboxylic acids is 1. The van der Waals surface area contributed by atoms with E-state index in [-0.39, 0.29) is 24.3 Å². The minimum Gasteiger partial charge on any atom is -0.480 e. The van der Waals surface area contributed by atoms with E-state index in [1.54, 1.807) is 0 Å². The molecule has 3 amide bonds. The number of carbonyl (C=O) groups excluding carboxylic acids is 2. The Balaban J connectivity index is 1.50. The molecule has 7 heteroatoms. The maximum atomic E-state index is 12.5.